The van der Waals surface area contributed by atoms with Gasteiger partial charge >= 0.3 is 0 Å². The van der Waals surface area contributed by atoms with E-state index < -0.39 is 0 Å². The van der Waals surface area contributed by atoms with Crippen LogP contribution in [0.1, 0.15) is 11.5 Å². The van der Waals surface area contributed by atoms with E-state index in [1.807, 2.05) is 18.2 Å². The lowest BCUT2D eigenvalue weighted by molar-refractivity contribution is -0.00461. The molecule has 1 aliphatic heterocycles. The van der Waals surface area contributed by atoms with E-state index in [2.05, 4.69) is 17.0 Å². The Morgan fingerprint density at radius 3 is 2.25 bits per heavy atom. The maximum absolute atomic E-state index is 5.92. The molecule has 110 valence electrons. The SMILES string of the molecule is COC1CN(CC(C(N)=S)c2ccccc2)CC1OC. The highest BCUT2D eigenvalue weighted by Gasteiger charge is 2.34. The zero-order valence-corrected chi connectivity index (χ0v) is 12.8. The Kier molecular flexibility index (Phi) is 5.48. The minimum Gasteiger partial charge on any atom is -0.393 e. The predicted molar refractivity (Wildman–Crippen MR) is 84.0 cm³/mol. The fraction of sp³-hybridized carbons (Fsp3) is 0.533. The molecule has 0 amide bonds. The summed E-state index contributed by atoms with van der Waals surface area (Å²) in [6, 6.07) is 10.2. The van der Waals surface area contributed by atoms with Gasteiger partial charge in [0.2, 0.25) is 0 Å². The topological polar surface area (TPSA) is 47.7 Å². The van der Waals surface area contributed by atoms with Crippen LogP contribution in [0.5, 0.6) is 0 Å². The van der Waals surface area contributed by atoms with Crippen molar-refractivity contribution in [2.24, 2.45) is 5.73 Å². The van der Waals surface area contributed by atoms with Gasteiger partial charge in [0.25, 0.3) is 0 Å². The van der Waals surface area contributed by atoms with E-state index in [0.717, 1.165) is 25.2 Å². The standard InChI is InChI=1S/C15H22N2O2S/c1-18-13-9-17(10-14(13)19-2)8-12(15(16)20)11-6-4-3-5-7-11/h3-7,12-14H,8-10H2,1-2H3,(H2,16,20). The number of likely N-dealkylation sites (tertiary alicyclic amines) is 1. The Morgan fingerprint density at radius 1 is 1.25 bits per heavy atom. The predicted octanol–water partition coefficient (Wildman–Crippen LogP) is 1.40. The van der Waals surface area contributed by atoms with E-state index in [1.54, 1.807) is 14.2 Å². The van der Waals surface area contributed by atoms with Crippen LogP contribution >= 0.6 is 12.2 Å². The Hall–Kier alpha value is -1.01. The van der Waals surface area contributed by atoms with E-state index >= 15 is 0 Å². The van der Waals surface area contributed by atoms with Gasteiger partial charge in [-0.05, 0) is 5.56 Å². The highest BCUT2D eigenvalue weighted by molar-refractivity contribution is 7.80. The number of benzene rings is 1. The monoisotopic (exact) mass is 294 g/mol. The highest BCUT2D eigenvalue weighted by atomic mass is 32.1. The van der Waals surface area contributed by atoms with Crippen LogP contribution in [0, 0.1) is 0 Å². The normalized spacial score (nSPS) is 24.7. The van der Waals surface area contributed by atoms with Gasteiger partial charge in [0, 0.05) is 39.8 Å². The van der Waals surface area contributed by atoms with Crippen molar-refractivity contribution in [1.29, 1.82) is 0 Å². The van der Waals surface area contributed by atoms with Gasteiger partial charge in [-0.3, -0.25) is 4.90 Å². The number of hydrogen-bond acceptors (Lipinski definition) is 4. The van der Waals surface area contributed by atoms with E-state index in [0.29, 0.717) is 4.99 Å². The molecule has 0 saturated carbocycles. The smallest absolute Gasteiger partial charge is 0.0971 e. The van der Waals surface area contributed by atoms with Crippen LogP contribution in [0.3, 0.4) is 0 Å². The van der Waals surface area contributed by atoms with Crippen molar-refractivity contribution in [3.8, 4) is 0 Å². The van der Waals surface area contributed by atoms with Crippen LogP contribution in [0.2, 0.25) is 0 Å². The van der Waals surface area contributed by atoms with Crippen molar-refractivity contribution < 1.29 is 9.47 Å². The molecule has 1 heterocycles. The third kappa shape index (κ3) is 3.55. The lowest BCUT2D eigenvalue weighted by Gasteiger charge is -2.23. The van der Waals surface area contributed by atoms with Crippen LogP contribution in [-0.4, -0.2) is 56.0 Å². The first-order valence-corrected chi connectivity index (χ1v) is 7.18. The third-order valence-electron chi connectivity index (χ3n) is 3.88. The molecule has 20 heavy (non-hydrogen) atoms. The second kappa shape index (κ2) is 7.13. The van der Waals surface area contributed by atoms with Gasteiger partial charge in [0.05, 0.1) is 17.2 Å². The fourth-order valence-electron chi connectivity index (χ4n) is 2.72. The minimum absolute atomic E-state index is 0.0688. The number of hydrogen-bond donors (Lipinski definition) is 1. The summed E-state index contributed by atoms with van der Waals surface area (Å²) in [5.74, 6) is 0.0688. The number of rotatable bonds is 6. The number of thiocarbonyl (C=S) groups is 1. The van der Waals surface area contributed by atoms with Crippen molar-refractivity contribution >= 4 is 17.2 Å². The second-order valence-corrected chi connectivity index (χ2v) is 5.60. The molecule has 0 bridgehead atoms. The average Bonchev–Trinajstić information content (AvgIpc) is 2.87. The van der Waals surface area contributed by atoms with Crippen LogP contribution < -0.4 is 5.73 Å². The molecule has 1 fully saturated rings. The van der Waals surface area contributed by atoms with Crippen molar-refractivity contribution in [1.82, 2.24) is 4.90 Å². The Morgan fingerprint density at radius 2 is 1.80 bits per heavy atom. The van der Waals surface area contributed by atoms with Gasteiger partial charge in [0.15, 0.2) is 0 Å². The van der Waals surface area contributed by atoms with E-state index in [4.69, 9.17) is 27.4 Å². The molecular weight excluding hydrogens is 272 g/mol. The molecule has 0 radical (unpaired) electrons. The molecule has 4 nitrogen and oxygen atoms in total. The maximum atomic E-state index is 5.92. The lowest BCUT2D eigenvalue weighted by Crippen LogP contribution is -2.33. The summed E-state index contributed by atoms with van der Waals surface area (Å²) < 4.78 is 10.9. The zero-order valence-electron chi connectivity index (χ0n) is 12.0. The van der Waals surface area contributed by atoms with E-state index in [1.165, 1.54) is 0 Å². The molecule has 0 aliphatic carbocycles. The third-order valence-corrected chi connectivity index (χ3v) is 4.17. The largest absolute Gasteiger partial charge is 0.393 e. The molecule has 1 aliphatic rings. The summed E-state index contributed by atoms with van der Waals surface area (Å²) in [7, 11) is 3.45. The van der Waals surface area contributed by atoms with Crippen molar-refractivity contribution in [2.45, 2.75) is 18.1 Å². The van der Waals surface area contributed by atoms with Crippen LogP contribution in [0.25, 0.3) is 0 Å². The second-order valence-electron chi connectivity index (χ2n) is 5.13. The molecule has 3 unspecified atom stereocenters. The van der Waals surface area contributed by atoms with Gasteiger partial charge in [-0.2, -0.15) is 0 Å². The molecule has 0 spiro atoms. The molecule has 2 N–H and O–H groups in total. The lowest BCUT2D eigenvalue weighted by atomic mass is 9.98. The van der Waals surface area contributed by atoms with Gasteiger partial charge in [0.1, 0.15) is 0 Å². The Bertz CT molecular complexity index is 429. The summed E-state index contributed by atoms with van der Waals surface area (Å²) in [6.45, 7) is 2.50. The number of nitrogens with zero attached hydrogens (tertiary/aromatic N) is 1. The quantitative estimate of drug-likeness (QED) is 0.804. The van der Waals surface area contributed by atoms with Crippen molar-refractivity contribution in [3.63, 3.8) is 0 Å². The van der Waals surface area contributed by atoms with Crippen LogP contribution in [0.4, 0.5) is 0 Å². The van der Waals surface area contributed by atoms with Gasteiger partial charge < -0.3 is 15.2 Å². The Labute approximate surface area is 125 Å². The molecular formula is C15H22N2O2S. The molecule has 1 aromatic rings. The first kappa shape index (κ1) is 15.4. The molecule has 1 aromatic carbocycles. The maximum Gasteiger partial charge on any atom is 0.0971 e. The number of methoxy groups -OCH3 is 2. The van der Waals surface area contributed by atoms with Gasteiger partial charge in [-0.25, -0.2) is 0 Å². The van der Waals surface area contributed by atoms with Crippen LogP contribution in [-0.2, 0) is 9.47 Å². The minimum atomic E-state index is 0.0688. The fourth-order valence-corrected chi connectivity index (χ4v) is 2.93. The molecule has 5 heteroatoms. The van der Waals surface area contributed by atoms with Gasteiger partial charge in [-0.1, -0.05) is 42.5 Å². The average molecular weight is 294 g/mol. The number of ether oxygens (including phenoxy) is 2. The summed E-state index contributed by atoms with van der Waals surface area (Å²) in [4.78, 5) is 2.84. The van der Waals surface area contributed by atoms with Gasteiger partial charge in [-0.15, -0.1) is 0 Å². The molecule has 2 rings (SSSR count). The summed E-state index contributed by atoms with van der Waals surface area (Å²) in [5.41, 5.74) is 7.09. The summed E-state index contributed by atoms with van der Waals surface area (Å²) in [5, 5.41) is 0. The van der Waals surface area contributed by atoms with Crippen molar-refractivity contribution in [2.75, 3.05) is 33.9 Å². The zero-order chi connectivity index (χ0) is 14.5. The van der Waals surface area contributed by atoms with E-state index in [9.17, 15) is 0 Å². The summed E-state index contributed by atoms with van der Waals surface area (Å²) >= 11 is 5.24. The van der Waals surface area contributed by atoms with Crippen molar-refractivity contribution in [3.05, 3.63) is 35.9 Å². The molecule has 3 atom stereocenters. The highest BCUT2D eigenvalue weighted by Crippen LogP contribution is 2.22. The first-order chi connectivity index (χ1) is 9.65. The number of nitrogens with two attached hydrogens (primary N) is 1. The van der Waals surface area contributed by atoms with E-state index in [-0.39, 0.29) is 18.1 Å². The Balaban J connectivity index is 2.05. The van der Waals surface area contributed by atoms with Crippen LogP contribution in [0.15, 0.2) is 30.3 Å². The first-order valence-electron chi connectivity index (χ1n) is 6.78. The molecule has 0 aromatic heterocycles. The summed E-state index contributed by atoms with van der Waals surface area (Å²) in [6.07, 6.45) is 0.227. The molecule has 1 saturated heterocycles.